The van der Waals surface area contributed by atoms with Crippen molar-refractivity contribution in [1.82, 2.24) is 0 Å². The number of rotatable bonds is 8. The van der Waals surface area contributed by atoms with Crippen molar-refractivity contribution in [1.29, 1.82) is 0 Å². The molecule has 0 N–H and O–H groups in total. The van der Waals surface area contributed by atoms with Crippen LogP contribution >= 0.6 is 6.70 Å². The molecule has 42 heavy (non-hydrogen) atoms. The smallest absolute Gasteiger partial charge is 0.0779 e. The summed E-state index contributed by atoms with van der Waals surface area (Å²) >= 11 is 7.47. The van der Waals surface area contributed by atoms with Crippen LogP contribution in [-0.2, 0) is 11.8 Å². The molecule has 219 valence electrons. The molecule has 0 amide bonds. The second-order valence-corrected chi connectivity index (χ2v) is 39.1. The molecule has 1 heterocycles. The molecule has 0 spiro atoms. The maximum atomic E-state index is 7.47. The highest BCUT2D eigenvalue weighted by molar-refractivity contribution is 8.10. The van der Waals surface area contributed by atoms with Gasteiger partial charge in [0.1, 0.15) is 0 Å². The lowest BCUT2D eigenvalue weighted by Crippen LogP contribution is -2.78. The van der Waals surface area contributed by atoms with Crippen molar-refractivity contribution in [2.45, 2.75) is 74.0 Å². The predicted octanol–water partition coefficient (Wildman–Crippen LogP) is 7.82. The van der Waals surface area contributed by atoms with Gasteiger partial charge in [-0.2, -0.15) is 0 Å². The lowest BCUT2D eigenvalue weighted by atomic mass is 10.3. The highest BCUT2D eigenvalue weighted by Gasteiger charge is 2.73. The van der Waals surface area contributed by atoms with Crippen LogP contribution in [0.4, 0.5) is 0 Å². The fourth-order valence-corrected chi connectivity index (χ4v) is 55.7. The van der Waals surface area contributed by atoms with Gasteiger partial charge in [-0.25, -0.2) is 0 Å². The number of hydrogen-bond donors (Lipinski definition) is 0. The zero-order valence-electron chi connectivity index (χ0n) is 26.8. The summed E-state index contributed by atoms with van der Waals surface area (Å²) in [6.07, 6.45) is 2.55. The molecule has 1 fully saturated rings. The lowest BCUT2D eigenvalue weighted by Gasteiger charge is -2.59. The zero-order chi connectivity index (χ0) is 30.4. The van der Waals surface area contributed by atoms with Gasteiger partial charge in [-0.05, 0) is 12.8 Å². The molecule has 0 atom stereocenters. The Morgan fingerprint density at radius 3 is 0.786 bits per heavy atom. The van der Waals surface area contributed by atoms with Crippen LogP contribution in [0.15, 0.2) is 121 Å². The summed E-state index contributed by atoms with van der Waals surface area (Å²) in [4.78, 5) is 0. The largest absolute Gasteiger partial charge is 0.0932 e. The minimum Gasteiger partial charge on any atom is -0.0779 e. The lowest BCUT2D eigenvalue weighted by molar-refractivity contribution is 0.783. The molecule has 0 aliphatic carbocycles. The summed E-state index contributed by atoms with van der Waals surface area (Å²) in [6, 6.07) is 46.5. The van der Waals surface area contributed by atoms with Crippen LogP contribution in [-0.4, -0.2) is 41.1 Å². The Hall–Kier alpha value is -1.73. The van der Waals surface area contributed by atoms with Crippen LogP contribution in [0.5, 0.6) is 0 Å². The Kier molecular flexibility index (Phi) is 8.54. The van der Waals surface area contributed by atoms with Crippen molar-refractivity contribution in [3.8, 4) is 0 Å². The molecular weight excluding hydrogens is 608 g/mol. The van der Waals surface area contributed by atoms with E-state index < -0.39 is 39.0 Å². The molecule has 0 saturated carbocycles. The van der Waals surface area contributed by atoms with E-state index in [1.807, 2.05) is 0 Å². The van der Waals surface area contributed by atoms with E-state index in [0.29, 0.717) is 0 Å². The average molecular weight is 656 g/mol. The molecule has 0 bridgehead atoms. The maximum Gasteiger partial charge on any atom is 0.0932 e. The van der Waals surface area contributed by atoms with Gasteiger partial charge in [0.05, 0.1) is 32.3 Å². The van der Waals surface area contributed by atoms with Crippen molar-refractivity contribution < 1.29 is 0 Å². The third-order valence-corrected chi connectivity index (χ3v) is 50.6. The Bertz CT molecular complexity index is 1310. The fourth-order valence-electron chi connectivity index (χ4n) is 9.09. The molecule has 1 aliphatic heterocycles. The van der Waals surface area contributed by atoms with E-state index in [0.717, 1.165) is 0 Å². The highest BCUT2D eigenvalue weighted by atomic mass is 32.4. The summed E-state index contributed by atoms with van der Waals surface area (Å²) in [5.41, 5.74) is 0. The van der Waals surface area contributed by atoms with E-state index in [1.165, 1.54) is 12.8 Å². The summed E-state index contributed by atoms with van der Waals surface area (Å²) in [5.74, 6) is 0. The van der Waals surface area contributed by atoms with Crippen LogP contribution < -0.4 is 20.7 Å². The molecule has 6 heteroatoms. The van der Waals surface area contributed by atoms with Gasteiger partial charge in [-0.3, -0.25) is 0 Å². The van der Waals surface area contributed by atoms with Gasteiger partial charge in [-0.1, -0.05) is 213 Å². The van der Waals surface area contributed by atoms with E-state index in [-0.39, 0.29) is 8.81 Å². The molecule has 4 aromatic rings. The summed E-state index contributed by atoms with van der Waals surface area (Å²) in [6.45, 7) is 20.8. The van der Waals surface area contributed by atoms with Crippen molar-refractivity contribution >= 4 is 71.5 Å². The maximum absolute atomic E-state index is 7.47. The van der Waals surface area contributed by atoms with Crippen LogP contribution in [0.25, 0.3) is 0 Å². The zero-order valence-corrected chi connectivity index (χ0v) is 32.5. The van der Waals surface area contributed by atoms with Gasteiger partial charge in [0, 0.05) is 8.81 Å². The molecular formula is C36H48PSSi4. The second kappa shape index (κ2) is 11.3. The molecule has 1 saturated heterocycles. The molecule has 0 unspecified atom stereocenters. The average Bonchev–Trinajstić information content (AvgIpc) is 3.36. The first-order valence-corrected chi connectivity index (χ1v) is 29.8. The first-order valence-electron chi connectivity index (χ1n) is 15.5. The Morgan fingerprint density at radius 1 is 0.405 bits per heavy atom. The number of benzene rings is 4. The Balaban J connectivity index is 1.87. The monoisotopic (exact) mass is 655 g/mol. The van der Waals surface area contributed by atoms with Gasteiger partial charge in [0.25, 0.3) is 0 Å². The standard InChI is InChI=1S/C36H48PSSi4/c1-39(2,31-21-13-9-14-22-31)35(40(3,4)32-23-15-10-16-24-32)29-30-36(37(35)38,41(5,6)33-25-17-11-18-26-33)42(7,8)34-27-19-12-20-28-34/h9-28H,29-30H2,1-8H3. The molecule has 1 radical (unpaired) electrons. The van der Waals surface area contributed by atoms with Crippen molar-refractivity contribution in [2.75, 3.05) is 0 Å². The predicted molar refractivity (Wildman–Crippen MR) is 203 cm³/mol. The van der Waals surface area contributed by atoms with Gasteiger partial charge in [-0.15, -0.1) is 0 Å². The van der Waals surface area contributed by atoms with E-state index in [4.69, 9.17) is 11.8 Å². The van der Waals surface area contributed by atoms with E-state index in [2.05, 4.69) is 174 Å². The third kappa shape index (κ3) is 4.45. The molecule has 0 nitrogen and oxygen atoms in total. The van der Waals surface area contributed by atoms with E-state index in [1.54, 1.807) is 20.7 Å². The Labute approximate surface area is 265 Å². The molecule has 4 aromatic carbocycles. The fraction of sp³-hybridized carbons (Fsp3) is 0.333. The number of hydrogen-bond acceptors (Lipinski definition) is 1. The molecule has 0 aromatic heterocycles. The van der Waals surface area contributed by atoms with E-state index in [9.17, 15) is 0 Å². The summed E-state index contributed by atoms with van der Waals surface area (Å²) in [7, 11) is -8.38. The normalized spacial score (nSPS) is 17.3. The van der Waals surface area contributed by atoms with E-state index >= 15 is 0 Å². The van der Waals surface area contributed by atoms with Crippen molar-refractivity contribution in [3.63, 3.8) is 0 Å². The quantitative estimate of drug-likeness (QED) is 0.138. The first-order chi connectivity index (χ1) is 19.8. The van der Waals surface area contributed by atoms with Gasteiger partial charge >= 0.3 is 0 Å². The SMILES string of the molecule is C[Si](C)(c1ccccc1)C1([Si](C)(C)c2ccccc2)CCC([Si](C)(C)c2ccccc2)([Si](C)(C)c2ccccc2)[P]1=S. The second-order valence-electron chi connectivity index (χ2n) is 14.5. The van der Waals surface area contributed by atoms with Crippen molar-refractivity contribution in [3.05, 3.63) is 121 Å². The summed E-state index contributed by atoms with van der Waals surface area (Å²) < 4.78 is 0.372. The topological polar surface area (TPSA) is 0 Å². The van der Waals surface area contributed by atoms with Crippen LogP contribution in [0.1, 0.15) is 12.8 Å². The first kappa shape index (κ1) is 31.7. The third-order valence-electron chi connectivity index (χ3n) is 11.7. The van der Waals surface area contributed by atoms with Crippen LogP contribution in [0, 0.1) is 0 Å². The van der Waals surface area contributed by atoms with Crippen LogP contribution in [0.3, 0.4) is 0 Å². The molecule has 1 aliphatic rings. The summed E-state index contributed by atoms with van der Waals surface area (Å²) in [5, 5.41) is 6.36. The highest BCUT2D eigenvalue weighted by Crippen LogP contribution is 2.71. The molecule has 5 rings (SSSR count). The van der Waals surface area contributed by atoms with Gasteiger partial charge in [0.2, 0.25) is 0 Å². The minimum atomic E-state index is -2.10. The van der Waals surface area contributed by atoms with Crippen molar-refractivity contribution in [2.24, 2.45) is 0 Å². The minimum absolute atomic E-state index is 0.186. The Morgan fingerprint density at radius 2 is 0.595 bits per heavy atom. The van der Waals surface area contributed by atoms with Gasteiger partial charge in [0.15, 0.2) is 0 Å². The van der Waals surface area contributed by atoms with Gasteiger partial charge < -0.3 is 0 Å². The van der Waals surface area contributed by atoms with Crippen LogP contribution in [0.2, 0.25) is 52.4 Å².